The third-order valence-electron chi connectivity index (χ3n) is 6.50. The van der Waals surface area contributed by atoms with E-state index in [-0.39, 0.29) is 17.9 Å². The Hall–Kier alpha value is -2.84. The summed E-state index contributed by atoms with van der Waals surface area (Å²) in [5, 5.41) is 0. The fourth-order valence-electron chi connectivity index (χ4n) is 4.86. The van der Waals surface area contributed by atoms with Crippen molar-refractivity contribution in [3.05, 3.63) is 46.5 Å². The van der Waals surface area contributed by atoms with Crippen LogP contribution in [0.4, 0.5) is 18.0 Å². The van der Waals surface area contributed by atoms with Crippen molar-refractivity contribution in [2.45, 2.75) is 57.7 Å². The highest BCUT2D eigenvalue weighted by Crippen LogP contribution is 2.39. The van der Waals surface area contributed by atoms with Crippen molar-refractivity contribution in [3.63, 3.8) is 0 Å². The minimum absolute atomic E-state index is 0.168. The average Bonchev–Trinajstić information content (AvgIpc) is 3.20. The van der Waals surface area contributed by atoms with Crippen LogP contribution < -0.4 is 0 Å². The summed E-state index contributed by atoms with van der Waals surface area (Å²) in [7, 11) is 0. The van der Waals surface area contributed by atoms with E-state index in [1.807, 2.05) is 20.8 Å². The molecule has 0 N–H and O–H groups in total. The summed E-state index contributed by atoms with van der Waals surface area (Å²) in [6.07, 6.45) is -3.28. The molecule has 4 rings (SSSR count). The van der Waals surface area contributed by atoms with Crippen molar-refractivity contribution in [1.29, 1.82) is 0 Å². The van der Waals surface area contributed by atoms with Gasteiger partial charge in [0.15, 0.2) is 0 Å². The van der Waals surface area contributed by atoms with Crippen LogP contribution in [-0.2, 0) is 15.7 Å². The molecule has 0 saturated carbocycles. The number of nitrogens with zero attached hydrogens (tertiary/aromatic N) is 3. The minimum Gasteiger partial charge on any atom is -0.444 e. The van der Waals surface area contributed by atoms with Crippen molar-refractivity contribution in [2.75, 3.05) is 32.7 Å². The van der Waals surface area contributed by atoms with Crippen LogP contribution in [0.2, 0.25) is 0 Å². The molecule has 3 aliphatic heterocycles. The number of rotatable bonds is 2. The maximum absolute atomic E-state index is 13.4. The number of halogens is 3. The van der Waals surface area contributed by atoms with Gasteiger partial charge in [-0.1, -0.05) is 18.2 Å². The Morgan fingerprint density at radius 3 is 2.35 bits per heavy atom. The molecule has 6 nitrogen and oxygen atoms in total. The number of hydrogen-bond donors (Lipinski definition) is 0. The van der Waals surface area contributed by atoms with Crippen LogP contribution in [-0.4, -0.2) is 65.8 Å². The van der Waals surface area contributed by atoms with Gasteiger partial charge in [-0.25, -0.2) is 4.79 Å². The molecule has 0 radical (unpaired) electrons. The number of alkyl halides is 3. The molecule has 0 aromatic heterocycles. The van der Waals surface area contributed by atoms with E-state index in [9.17, 15) is 22.8 Å². The summed E-state index contributed by atoms with van der Waals surface area (Å²) in [4.78, 5) is 33.4. The predicted molar refractivity (Wildman–Crippen MR) is 122 cm³/mol. The summed E-state index contributed by atoms with van der Waals surface area (Å²) >= 11 is 0. The van der Waals surface area contributed by atoms with E-state index in [4.69, 9.17) is 4.74 Å². The van der Waals surface area contributed by atoms with Gasteiger partial charge in [-0.05, 0) is 68.7 Å². The quantitative estimate of drug-likeness (QED) is 0.615. The van der Waals surface area contributed by atoms with Crippen molar-refractivity contribution >= 4 is 17.7 Å². The van der Waals surface area contributed by atoms with Gasteiger partial charge in [0.2, 0.25) is 0 Å². The lowest BCUT2D eigenvalue weighted by Gasteiger charge is -2.34. The highest BCUT2D eigenvalue weighted by atomic mass is 19.4. The number of likely N-dealkylation sites (tertiary alicyclic amines) is 1. The minimum atomic E-state index is -4.39. The molecule has 34 heavy (non-hydrogen) atoms. The Labute approximate surface area is 197 Å². The van der Waals surface area contributed by atoms with Gasteiger partial charge < -0.3 is 14.5 Å². The van der Waals surface area contributed by atoms with Crippen LogP contribution in [0.3, 0.4) is 0 Å². The molecule has 0 spiro atoms. The van der Waals surface area contributed by atoms with Gasteiger partial charge in [0, 0.05) is 26.2 Å². The predicted octanol–water partition coefficient (Wildman–Crippen LogP) is 4.80. The van der Waals surface area contributed by atoms with Gasteiger partial charge in [-0.3, -0.25) is 9.79 Å². The van der Waals surface area contributed by atoms with E-state index in [0.717, 1.165) is 17.2 Å². The number of carbonyl (C=O) groups excluding carboxylic acids is 2. The van der Waals surface area contributed by atoms with E-state index < -0.39 is 17.3 Å². The maximum atomic E-state index is 13.4. The second kappa shape index (κ2) is 9.07. The van der Waals surface area contributed by atoms with E-state index in [1.54, 1.807) is 21.9 Å². The molecular weight excluding hydrogens is 447 g/mol. The van der Waals surface area contributed by atoms with Gasteiger partial charge in [0.25, 0.3) is 5.91 Å². The molecule has 184 valence electrons. The normalized spacial score (nSPS) is 19.8. The fraction of sp³-hybridized carbons (Fsp3) is 0.560. The molecule has 1 fully saturated rings. The van der Waals surface area contributed by atoms with Crippen LogP contribution >= 0.6 is 0 Å². The SMILES string of the molecule is CC(C)(C)OC(=O)N1CCC2=C(CN=C2C(=O)N2CCC(c3ccccc3C(F)(F)F)CC2)C1. The van der Waals surface area contributed by atoms with Crippen molar-refractivity contribution < 1.29 is 27.5 Å². The first-order valence-electron chi connectivity index (χ1n) is 11.6. The molecule has 1 aromatic rings. The standard InChI is InChI=1S/C25H30F3N3O3/c1-24(2,3)34-23(33)31-13-10-19-17(15-31)14-29-21(19)22(32)30-11-8-16(9-12-30)18-6-4-5-7-20(18)25(26,27)28/h4-7,16H,8-15H2,1-3H3. The Kier molecular flexibility index (Phi) is 6.48. The second-order valence-electron chi connectivity index (χ2n) is 10.1. The van der Waals surface area contributed by atoms with E-state index in [2.05, 4.69) is 4.99 Å². The summed E-state index contributed by atoms with van der Waals surface area (Å²) in [6.45, 7) is 7.46. The molecule has 1 aromatic carbocycles. The van der Waals surface area contributed by atoms with Crippen molar-refractivity contribution in [3.8, 4) is 0 Å². The van der Waals surface area contributed by atoms with Crippen LogP contribution in [0.1, 0.15) is 57.1 Å². The lowest BCUT2D eigenvalue weighted by molar-refractivity contribution is -0.138. The van der Waals surface area contributed by atoms with Crippen molar-refractivity contribution in [2.24, 2.45) is 4.99 Å². The average molecular weight is 478 g/mol. The van der Waals surface area contributed by atoms with Gasteiger partial charge in [0.1, 0.15) is 11.3 Å². The number of benzene rings is 1. The first-order valence-corrected chi connectivity index (χ1v) is 11.6. The topological polar surface area (TPSA) is 62.2 Å². The first-order chi connectivity index (χ1) is 15.9. The van der Waals surface area contributed by atoms with E-state index >= 15 is 0 Å². The monoisotopic (exact) mass is 477 g/mol. The Morgan fingerprint density at radius 1 is 1.03 bits per heavy atom. The first kappa shape index (κ1) is 24.3. The number of amides is 2. The largest absolute Gasteiger partial charge is 0.444 e. The van der Waals surface area contributed by atoms with Crippen LogP contribution in [0.5, 0.6) is 0 Å². The second-order valence-corrected chi connectivity index (χ2v) is 10.1. The molecule has 0 atom stereocenters. The third kappa shape index (κ3) is 5.13. The third-order valence-corrected chi connectivity index (χ3v) is 6.50. The summed E-state index contributed by atoms with van der Waals surface area (Å²) in [5.41, 5.74) is 1.43. The molecule has 1 saturated heterocycles. The van der Waals surface area contributed by atoms with Gasteiger partial charge >= 0.3 is 12.3 Å². The Morgan fingerprint density at radius 2 is 1.71 bits per heavy atom. The van der Waals surface area contributed by atoms with Gasteiger partial charge in [-0.2, -0.15) is 13.2 Å². The number of aliphatic imine (C=N–C) groups is 1. The lowest BCUT2D eigenvalue weighted by Crippen LogP contribution is -2.44. The highest BCUT2D eigenvalue weighted by molar-refractivity contribution is 6.46. The molecule has 3 aliphatic rings. The summed E-state index contributed by atoms with van der Waals surface area (Å²) in [6, 6.07) is 5.70. The van der Waals surface area contributed by atoms with E-state index in [0.29, 0.717) is 63.3 Å². The fourth-order valence-corrected chi connectivity index (χ4v) is 4.86. The molecule has 0 bridgehead atoms. The molecule has 3 heterocycles. The lowest BCUT2D eigenvalue weighted by atomic mass is 9.86. The van der Waals surface area contributed by atoms with Crippen LogP contribution in [0.25, 0.3) is 0 Å². The zero-order valence-electron chi connectivity index (χ0n) is 19.7. The number of hydrogen-bond acceptors (Lipinski definition) is 4. The van der Waals surface area contributed by atoms with Crippen molar-refractivity contribution in [1.82, 2.24) is 9.80 Å². The van der Waals surface area contributed by atoms with Gasteiger partial charge in [-0.15, -0.1) is 0 Å². The van der Waals surface area contributed by atoms with Crippen LogP contribution in [0.15, 0.2) is 40.4 Å². The molecule has 9 heteroatoms. The van der Waals surface area contributed by atoms with Gasteiger partial charge in [0.05, 0.1) is 12.1 Å². The number of piperidine rings is 1. The smallest absolute Gasteiger partial charge is 0.416 e. The zero-order valence-corrected chi connectivity index (χ0v) is 19.7. The number of ether oxygens (including phenoxy) is 1. The van der Waals surface area contributed by atoms with Crippen LogP contribution in [0, 0.1) is 0 Å². The zero-order chi connectivity index (χ0) is 24.7. The Bertz CT molecular complexity index is 1030. The molecular formula is C25H30F3N3O3. The molecule has 0 aliphatic carbocycles. The number of carbonyl (C=O) groups is 2. The molecule has 0 unspecified atom stereocenters. The Balaban J connectivity index is 1.38. The maximum Gasteiger partial charge on any atom is 0.416 e. The highest BCUT2D eigenvalue weighted by Gasteiger charge is 2.38. The van der Waals surface area contributed by atoms with E-state index in [1.165, 1.54) is 6.07 Å². The summed E-state index contributed by atoms with van der Waals surface area (Å²) in [5.74, 6) is -0.405. The summed E-state index contributed by atoms with van der Waals surface area (Å²) < 4.78 is 45.7. The molecule has 2 amide bonds.